The van der Waals surface area contributed by atoms with Crippen LogP contribution in [0.25, 0.3) is 0 Å². The Morgan fingerprint density at radius 3 is 2.40 bits per heavy atom. The molecule has 0 aliphatic heterocycles. The largest absolute Gasteiger partial charge is 0.504 e. The number of methoxy groups -OCH3 is 1. The predicted molar refractivity (Wildman–Crippen MR) is 59.5 cm³/mol. The zero-order valence-electron chi connectivity index (χ0n) is 9.66. The minimum atomic E-state index is -0.407. The number of hydrogen-bond acceptors (Lipinski definition) is 3. The minimum absolute atomic E-state index is 0.135. The summed E-state index contributed by atoms with van der Waals surface area (Å²) in [5, 5.41) is 19.0. The van der Waals surface area contributed by atoms with Crippen LogP contribution in [0.2, 0.25) is 0 Å². The van der Waals surface area contributed by atoms with Crippen LogP contribution in [0.4, 0.5) is 0 Å². The van der Waals surface area contributed by atoms with E-state index in [2.05, 4.69) is 0 Å². The Bertz CT molecular complexity index is 356. The highest BCUT2D eigenvalue weighted by atomic mass is 16.5. The number of aliphatic hydroxyl groups is 1. The molecule has 0 aliphatic rings. The molecule has 0 fully saturated rings. The van der Waals surface area contributed by atoms with Crippen molar-refractivity contribution < 1.29 is 14.9 Å². The SMILES string of the molecule is COc1c(O)cc(CC(C)O)c(C)c1C. The van der Waals surface area contributed by atoms with E-state index in [1.54, 1.807) is 13.0 Å². The molecule has 0 aromatic heterocycles. The summed E-state index contributed by atoms with van der Waals surface area (Å²) in [7, 11) is 1.54. The quantitative estimate of drug-likeness (QED) is 0.801. The number of aromatic hydroxyl groups is 1. The van der Waals surface area contributed by atoms with Crippen molar-refractivity contribution in [3.63, 3.8) is 0 Å². The van der Waals surface area contributed by atoms with E-state index in [1.165, 1.54) is 7.11 Å². The van der Waals surface area contributed by atoms with Gasteiger partial charge in [-0.1, -0.05) is 0 Å². The summed E-state index contributed by atoms with van der Waals surface area (Å²) >= 11 is 0. The van der Waals surface area contributed by atoms with Crippen LogP contribution in [0.3, 0.4) is 0 Å². The van der Waals surface area contributed by atoms with E-state index in [9.17, 15) is 10.2 Å². The lowest BCUT2D eigenvalue weighted by Gasteiger charge is -2.15. The van der Waals surface area contributed by atoms with E-state index in [0.29, 0.717) is 12.2 Å². The van der Waals surface area contributed by atoms with Gasteiger partial charge in [0.15, 0.2) is 11.5 Å². The van der Waals surface area contributed by atoms with Gasteiger partial charge in [0.05, 0.1) is 13.2 Å². The molecular weight excluding hydrogens is 192 g/mol. The molecule has 1 aromatic carbocycles. The molecule has 0 bridgehead atoms. The summed E-state index contributed by atoms with van der Waals surface area (Å²) < 4.78 is 5.10. The van der Waals surface area contributed by atoms with Crippen LogP contribution in [-0.2, 0) is 6.42 Å². The van der Waals surface area contributed by atoms with Crippen LogP contribution in [-0.4, -0.2) is 23.4 Å². The Morgan fingerprint density at radius 1 is 1.33 bits per heavy atom. The lowest BCUT2D eigenvalue weighted by atomic mass is 9.97. The Balaban J connectivity index is 3.21. The van der Waals surface area contributed by atoms with Gasteiger partial charge < -0.3 is 14.9 Å². The second-order valence-corrected chi connectivity index (χ2v) is 3.89. The maximum absolute atomic E-state index is 9.70. The fourth-order valence-electron chi connectivity index (χ4n) is 1.73. The van der Waals surface area contributed by atoms with E-state index in [1.807, 2.05) is 13.8 Å². The Morgan fingerprint density at radius 2 is 1.93 bits per heavy atom. The molecule has 0 saturated carbocycles. The van der Waals surface area contributed by atoms with Crippen molar-refractivity contribution in [1.29, 1.82) is 0 Å². The van der Waals surface area contributed by atoms with Crippen molar-refractivity contribution >= 4 is 0 Å². The molecule has 1 unspecified atom stereocenters. The van der Waals surface area contributed by atoms with Crippen molar-refractivity contribution in [2.75, 3.05) is 7.11 Å². The highest BCUT2D eigenvalue weighted by molar-refractivity contribution is 5.52. The lowest BCUT2D eigenvalue weighted by molar-refractivity contribution is 0.195. The number of benzene rings is 1. The molecule has 0 saturated heterocycles. The minimum Gasteiger partial charge on any atom is -0.504 e. The second-order valence-electron chi connectivity index (χ2n) is 3.89. The van der Waals surface area contributed by atoms with Gasteiger partial charge >= 0.3 is 0 Å². The second kappa shape index (κ2) is 4.53. The van der Waals surface area contributed by atoms with Crippen LogP contribution < -0.4 is 4.74 Å². The molecule has 84 valence electrons. The number of aliphatic hydroxyl groups excluding tert-OH is 1. The molecule has 3 nitrogen and oxygen atoms in total. The van der Waals surface area contributed by atoms with E-state index >= 15 is 0 Å². The molecule has 2 N–H and O–H groups in total. The van der Waals surface area contributed by atoms with Gasteiger partial charge in [-0.15, -0.1) is 0 Å². The first kappa shape index (κ1) is 11.9. The first-order valence-corrected chi connectivity index (χ1v) is 5.01. The first-order chi connectivity index (χ1) is 6.97. The summed E-state index contributed by atoms with van der Waals surface area (Å²) in [6, 6.07) is 1.66. The fraction of sp³-hybridized carbons (Fsp3) is 0.500. The molecule has 0 radical (unpaired) electrons. The fourth-order valence-corrected chi connectivity index (χ4v) is 1.73. The van der Waals surface area contributed by atoms with Gasteiger partial charge in [0.25, 0.3) is 0 Å². The van der Waals surface area contributed by atoms with Crippen LogP contribution in [0, 0.1) is 13.8 Å². The Kier molecular flexibility index (Phi) is 3.58. The summed E-state index contributed by atoms with van der Waals surface area (Å²) in [6.45, 7) is 5.60. The number of phenolic OH excluding ortho intramolecular Hbond substituents is 1. The van der Waals surface area contributed by atoms with E-state index in [0.717, 1.165) is 16.7 Å². The third-order valence-corrected chi connectivity index (χ3v) is 2.65. The van der Waals surface area contributed by atoms with Gasteiger partial charge in [0.2, 0.25) is 0 Å². The smallest absolute Gasteiger partial charge is 0.163 e. The third kappa shape index (κ3) is 2.42. The summed E-state index contributed by atoms with van der Waals surface area (Å²) in [5.41, 5.74) is 2.94. The molecule has 0 spiro atoms. The van der Waals surface area contributed by atoms with Crippen LogP contribution in [0.1, 0.15) is 23.6 Å². The van der Waals surface area contributed by atoms with E-state index < -0.39 is 6.10 Å². The van der Waals surface area contributed by atoms with Gasteiger partial charge in [-0.2, -0.15) is 0 Å². The van der Waals surface area contributed by atoms with Crippen molar-refractivity contribution in [3.05, 3.63) is 22.8 Å². The van der Waals surface area contributed by atoms with Gasteiger partial charge in [0.1, 0.15) is 0 Å². The van der Waals surface area contributed by atoms with Crippen LogP contribution >= 0.6 is 0 Å². The zero-order valence-corrected chi connectivity index (χ0v) is 9.66. The molecule has 0 heterocycles. The number of hydrogen-bond donors (Lipinski definition) is 2. The number of phenols is 1. The van der Waals surface area contributed by atoms with Crippen LogP contribution in [0.5, 0.6) is 11.5 Å². The first-order valence-electron chi connectivity index (χ1n) is 5.01. The molecule has 1 atom stereocenters. The maximum atomic E-state index is 9.70. The van der Waals surface area contributed by atoms with Gasteiger partial charge in [-0.3, -0.25) is 0 Å². The monoisotopic (exact) mass is 210 g/mol. The van der Waals surface area contributed by atoms with E-state index in [-0.39, 0.29) is 5.75 Å². The average Bonchev–Trinajstić information content (AvgIpc) is 2.14. The van der Waals surface area contributed by atoms with Crippen molar-refractivity contribution in [3.8, 4) is 11.5 Å². The standard InChI is InChI=1S/C12H18O3/c1-7(13)5-10-6-11(14)12(15-4)9(3)8(10)2/h6-7,13-14H,5H2,1-4H3. The summed E-state index contributed by atoms with van der Waals surface area (Å²) in [6.07, 6.45) is 0.139. The molecule has 1 rings (SSSR count). The maximum Gasteiger partial charge on any atom is 0.163 e. The molecule has 0 amide bonds. The van der Waals surface area contributed by atoms with Crippen molar-refractivity contribution in [2.24, 2.45) is 0 Å². The predicted octanol–water partition coefficient (Wildman–Crippen LogP) is 1.94. The van der Waals surface area contributed by atoms with Crippen molar-refractivity contribution in [2.45, 2.75) is 33.3 Å². The highest BCUT2D eigenvalue weighted by Crippen LogP contribution is 2.34. The summed E-state index contributed by atoms with van der Waals surface area (Å²) in [5.74, 6) is 0.651. The molecule has 3 heteroatoms. The highest BCUT2D eigenvalue weighted by Gasteiger charge is 2.13. The Hall–Kier alpha value is -1.22. The zero-order chi connectivity index (χ0) is 11.6. The lowest BCUT2D eigenvalue weighted by Crippen LogP contribution is -2.07. The topological polar surface area (TPSA) is 49.7 Å². The average molecular weight is 210 g/mol. The van der Waals surface area contributed by atoms with Gasteiger partial charge in [0, 0.05) is 0 Å². The van der Waals surface area contributed by atoms with Crippen molar-refractivity contribution in [1.82, 2.24) is 0 Å². The third-order valence-electron chi connectivity index (χ3n) is 2.65. The molecule has 0 aliphatic carbocycles. The molecule has 1 aromatic rings. The number of rotatable bonds is 3. The Labute approximate surface area is 90.3 Å². The van der Waals surface area contributed by atoms with Crippen LogP contribution in [0.15, 0.2) is 6.07 Å². The normalized spacial score (nSPS) is 12.6. The van der Waals surface area contributed by atoms with Gasteiger partial charge in [-0.05, 0) is 49.9 Å². The molecule has 15 heavy (non-hydrogen) atoms. The molecular formula is C12H18O3. The van der Waals surface area contributed by atoms with E-state index in [4.69, 9.17) is 4.74 Å². The van der Waals surface area contributed by atoms with Gasteiger partial charge in [-0.25, -0.2) is 0 Å². The number of ether oxygens (including phenoxy) is 1. The summed E-state index contributed by atoms with van der Waals surface area (Å²) in [4.78, 5) is 0.